The van der Waals surface area contributed by atoms with Crippen LogP contribution in [-0.4, -0.2) is 28.1 Å². The minimum absolute atomic E-state index is 0.0607. The molecule has 1 heterocycles. The highest BCUT2D eigenvalue weighted by molar-refractivity contribution is 5.76. The Kier molecular flexibility index (Phi) is 4.28. The van der Waals surface area contributed by atoms with Crippen molar-refractivity contribution in [3.05, 3.63) is 53.6 Å². The molecule has 0 aliphatic carbocycles. The molecule has 0 atom stereocenters. The van der Waals surface area contributed by atoms with Gasteiger partial charge in [0, 0.05) is 31.8 Å². The van der Waals surface area contributed by atoms with E-state index in [-0.39, 0.29) is 11.7 Å². The topological polar surface area (TPSA) is 49.0 Å². The lowest BCUT2D eigenvalue weighted by Gasteiger charge is -2.16. The second-order valence-corrected chi connectivity index (χ2v) is 4.48. The zero-order chi connectivity index (χ0) is 13.7. The van der Waals surface area contributed by atoms with E-state index in [1.165, 1.54) is 12.1 Å². The summed E-state index contributed by atoms with van der Waals surface area (Å²) >= 11 is 0. The zero-order valence-corrected chi connectivity index (χ0v) is 10.8. The van der Waals surface area contributed by atoms with Gasteiger partial charge in [0.05, 0.1) is 6.20 Å². The van der Waals surface area contributed by atoms with Crippen molar-refractivity contribution in [2.45, 2.75) is 19.4 Å². The summed E-state index contributed by atoms with van der Waals surface area (Å²) in [5, 5.41) is 6.55. The fraction of sp³-hybridized carbons (Fsp3) is 0.286. The maximum Gasteiger partial charge on any atom is 0.222 e. The molecule has 0 bridgehead atoms. The van der Waals surface area contributed by atoms with Crippen molar-refractivity contribution < 1.29 is 9.18 Å². The van der Waals surface area contributed by atoms with Gasteiger partial charge in [0.15, 0.2) is 0 Å². The molecule has 0 aliphatic rings. The maximum absolute atomic E-state index is 12.7. The van der Waals surface area contributed by atoms with E-state index in [1.807, 2.05) is 0 Å². The minimum atomic E-state index is -0.257. The summed E-state index contributed by atoms with van der Waals surface area (Å²) in [6.07, 6.45) is 4.50. The predicted molar refractivity (Wildman–Crippen MR) is 69.8 cm³/mol. The highest BCUT2D eigenvalue weighted by Crippen LogP contribution is 2.08. The van der Waals surface area contributed by atoms with Gasteiger partial charge in [-0.05, 0) is 24.1 Å². The van der Waals surface area contributed by atoms with Crippen molar-refractivity contribution in [1.82, 2.24) is 15.1 Å². The number of nitrogens with one attached hydrogen (secondary N) is 1. The lowest BCUT2D eigenvalue weighted by Crippen LogP contribution is -2.26. The van der Waals surface area contributed by atoms with Crippen LogP contribution in [-0.2, 0) is 17.8 Å². The van der Waals surface area contributed by atoms with Gasteiger partial charge in [0.1, 0.15) is 5.82 Å². The van der Waals surface area contributed by atoms with Gasteiger partial charge in [-0.2, -0.15) is 5.10 Å². The number of hydrogen-bond donors (Lipinski definition) is 1. The standard InChI is InChI=1S/C14H16FN3O/c1-18(10-12-8-16-17-9-12)14(19)7-4-11-2-5-13(15)6-3-11/h2-3,5-6,8-9H,4,7,10H2,1H3,(H,16,17). The first kappa shape index (κ1) is 13.3. The van der Waals surface area contributed by atoms with Gasteiger partial charge in [-0.1, -0.05) is 12.1 Å². The van der Waals surface area contributed by atoms with Crippen molar-refractivity contribution >= 4 is 5.91 Å². The van der Waals surface area contributed by atoms with Crippen LogP contribution in [0.2, 0.25) is 0 Å². The number of hydrogen-bond acceptors (Lipinski definition) is 2. The Labute approximate surface area is 111 Å². The highest BCUT2D eigenvalue weighted by Gasteiger charge is 2.09. The molecule has 0 spiro atoms. The lowest BCUT2D eigenvalue weighted by atomic mass is 10.1. The van der Waals surface area contributed by atoms with E-state index in [0.717, 1.165) is 11.1 Å². The van der Waals surface area contributed by atoms with E-state index in [9.17, 15) is 9.18 Å². The van der Waals surface area contributed by atoms with Crippen LogP contribution in [0, 0.1) is 5.82 Å². The summed E-state index contributed by atoms with van der Waals surface area (Å²) in [5.41, 5.74) is 1.93. The fourth-order valence-electron chi connectivity index (χ4n) is 1.82. The minimum Gasteiger partial charge on any atom is -0.341 e. The van der Waals surface area contributed by atoms with E-state index in [4.69, 9.17) is 0 Å². The summed E-state index contributed by atoms with van der Waals surface area (Å²) < 4.78 is 12.7. The third kappa shape index (κ3) is 3.91. The molecule has 1 amide bonds. The van der Waals surface area contributed by atoms with Crippen LogP contribution in [0.3, 0.4) is 0 Å². The smallest absolute Gasteiger partial charge is 0.222 e. The van der Waals surface area contributed by atoms with Gasteiger partial charge in [-0.3, -0.25) is 9.89 Å². The molecule has 0 aliphatic heterocycles. The Morgan fingerprint density at radius 2 is 2.05 bits per heavy atom. The first-order valence-corrected chi connectivity index (χ1v) is 6.11. The quantitative estimate of drug-likeness (QED) is 0.896. The zero-order valence-electron chi connectivity index (χ0n) is 10.8. The van der Waals surface area contributed by atoms with Crippen LogP contribution in [0.25, 0.3) is 0 Å². The number of nitrogens with zero attached hydrogens (tertiary/aromatic N) is 2. The van der Waals surface area contributed by atoms with Crippen molar-refractivity contribution in [2.24, 2.45) is 0 Å². The van der Waals surface area contributed by atoms with E-state index in [2.05, 4.69) is 10.2 Å². The SMILES string of the molecule is CN(Cc1cn[nH]c1)C(=O)CCc1ccc(F)cc1. The first-order chi connectivity index (χ1) is 9.15. The summed E-state index contributed by atoms with van der Waals surface area (Å²) in [7, 11) is 1.76. The van der Waals surface area contributed by atoms with Gasteiger partial charge in [0.2, 0.25) is 5.91 Å². The molecule has 1 aromatic heterocycles. The van der Waals surface area contributed by atoms with Gasteiger partial charge >= 0.3 is 0 Å². The number of aryl methyl sites for hydroxylation is 1. The highest BCUT2D eigenvalue weighted by atomic mass is 19.1. The Bertz CT molecular complexity index is 522. The summed E-state index contributed by atoms with van der Waals surface area (Å²) in [4.78, 5) is 13.6. The average Bonchev–Trinajstić information content (AvgIpc) is 2.90. The number of carbonyl (C=O) groups excluding carboxylic acids is 1. The van der Waals surface area contributed by atoms with E-state index in [0.29, 0.717) is 19.4 Å². The molecule has 100 valence electrons. The molecule has 5 heteroatoms. The second kappa shape index (κ2) is 6.13. The third-order valence-corrected chi connectivity index (χ3v) is 2.94. The number of aromatic nitrogens is 2. The lowest BCUT2D eigenvalue weighted by molar-refractivity contribution is -0.130. The number of rotatable bonds is 5. The predicted octanol–water partition coefficient (Wildman–Crippen LogP) is 2.14. The molecule has 2 rings (SSSR count). The maximum atomic E-state index is 12.7. The molecule has 2 aromatic rings. The van der Waals surface area contributed by atoms with Crippen LogP contribution in [0.5, 0.6) is 0 Å². The Balaban J connectivity index is 1.82. The molecule has 0 unspecified atom stereocenters. The molecule has 4 nitrogen and oxygen atoms in total. The van der Waals surface area contributed by atoms with Crippen molar-refractivity contribution in [2.75, 3.05) is 7.05 Å². The van der Waals surface area contributed by atoms with Crippen molar-refractivity contribution in [3.8, 4) is 0 Å². The second-order valence-electron chi connectivity index (χ2n) is 4.48. The third-order valence-electron chi connectivity index (χ3n) is 2.94. The summed E-state index contributed by atoms with van der Waals surface area (Å²) in [6.45, 7) is 0.540. The van der Waals surface area contributed by atoms with Gasteiger partial charge < -0.3 is 4.90 Å². The summed E-state index contributed by atoms with van der Waals surface area (Å²) in [5.74, 6) is -0.197. The monoisotopic (exact) mass is 261 g/mol. The van der Waals surface area contributed by atoms with Gasteiger partial charge in [-0.15, -0.1) is 0 Å². The average molecular weight is 261 g/mol. The molecule has 0 saturated heterocycles. The number of H-pyrrole nitrogens is 1. The number of halogens is 1. The number of amides is 1. The van der Waals surface area contributed by atoms with Crippen molar-refractivity contribution in [3.63, 3.8) is 0 Å². The Morgan fingerprint density at radius 1 is 1.32 bits per heavy atom. The van der Waals surface area contributed by atoms with Crippen LogP contribution in [0.1, 0.15) is 17.5 Å². The Morgan fingerprint density at radius 3 is 2.68 bits per heavy atom. The molecule has 1 aromatic carbocycles. The molecule has 19 heavy (non-hydrogen) atoms. The number of benzene rings is 1. The molecule has 1 N–H and O–H groups in total. The number of carbonyl (C=O) groups is 1. The molecule has 0 saturated carbocycles. The molecular weight excluding hydrogens is 245 g/mol. The van der Waals surface area contributed by atoms with Crippen molar-refractivity contribution in [1.29, 1.82) is 0 Å². The van der Waals surface area contributed by atoms with Crippen LogP contribution in [0.4, 0.5) is 4.39 Å². The van der Waals surface area contributed by atoms with Crippen LogP contribution in [0.15, 0.2) is 36.7 Å². The molecule has 0 radical (unpaired) electrons. The fourth-order valence-corrected chi connectivity index (χ4v) is 1.82. The van der Waals surface area contributed by atoms with E-state index >= 15 is 0 Å². The number of aromatic amines is 1. The Hall–Kier alpha value is -2.17. The molecule has 0 fully saturated rings. The van der Waals surface area contributed by atoms with Gasteiger partial charge in [-0.25, -0.2) is 4.39 Å². The first-order valence-electron chi connectivity index (χ1n) is 6.11. The molecular formula is C14H16FN3O. The van der Waals surface area contributed by atoms with Crippen LogP contribution < -0.4 is 0 Å². The largest absolute Gasteiger partial charge is 0.341 e. The van der Waals surface area contributed by atoms with E-state index in [1.54, 1.807) is 36.5 Å². The summed E-state index contributed by atoms with van der Waals surface area (Å²) in [6, 6.07) is 6.24. The van der Waals surface area contributed by atoms with Gasteiger partial charge in [0.25, 0.3) is 0 Å². The normalized spacial score (nSPS) is 10.4. The van der Waals surface area contributed by atoms with E-state index < -0.39 is 0 Å². The van der Waals surface area contributed by atoms with Crippen LogP contribution >= 0.6 is 0 Å².